The Morgan fingerprint density at radius 3 is 2.21 bits per heavy atom. The molecular formula is C17H23N3O4. The maximum absolute atomic E-state index is 12.6. The van der Waals surface area contributed by atoms with Gasteiger partial charge in [0.25, 0.3) is 0 Å². The third-order valence-electron chi connectivity index (χ3n) is 5.76. The van der Waals surface area contributed by atoms with E-state index in [1.807, 2.05) is 0 Å². The van der Waals surface area contributed by atoms with Crippen molar-refractivity contribution in [1.29, 1.82) is 0 Å². The van der Waals surface area contributed by atoms with Gasteiger partial charge in [-0.1, -0.05) is 12.2 Å². The first-order valence-corrected chi connectivity index (χ1v) is 8.81. The van der Waals surface area contributed by atoms with Gasteiger partial charge in [-0.2, -0.15) is 0 Å². The van der Waals surface area contributed by atoms with Crippen LogP contribution in [0.25, 0.3) is 0 Å². The van der Waals surface area contributed by atoms with Crippen molar-refractivity contribution in [2.45, 2.75) is 12.8 Å². The second-order valence-electron chi connectivity index (χ2n) is 7.00. The zero-order valence-corrected chi connectivity index (χ0v) is 13.6. The molecule has 1 saturated carbocycles. The smallest absolute Gasteiger partial charge is 0.317 e. The first-order chi connectivity index (χ1) is 11.7. The lowest BCUT2D eigenvalue weighted by Crippen LogP contribution is -2.48. The molecule has 130 valence electrons. The molecule has 0 aromatic heterocycles. The molecular weight excluding hydrogens is 310 g/mol. The number of likely N-dealkylation sites (tertiary alicyclic amines) is 1. The Bertz CT molecular complexity index is 552. The molecule has 2 bridgehead atoms. The van der Waals surface area contributed by atoms with Crippen molar-refractivity contribution in [1.82, 2.24) is 15.1 Å². The van der Waals surface area contributed by atoms with Crippen molar-refractivity contribution in [3.8, 4) is 0 Å². The molecule has 5 rings (SSSR count). The van der Waals surface area contributed by atoms with Gasteiger partial charge in [-0.15, -0.1) is 0 Å². The van der Waals surface area contributed by atoms with Crippen molar-refractivity contribution in [3.63, 3.8) is 0 Å². The second-order valence-corrected chi connectivity index (χ2v) is 7.00. The van der Waals surface area contributed by atoms with E-state index in [9.17, 15) is 14.4 Å². The first kappa shape index (κ1) is 15.6. The molecule has 4 atom stereocenters. The average Bonchev–Trinajstić information content (AvgIpc) is 2.90. The standard InChI is InChI=1S/C17H23N3O4/c21-15-13-11-1-2-12(4-3-11)14(13)16(22)20(15)6-5-18-17(23)19-7-9-24-10-8-19/h1-2,11-14H,3-10H2,(H,18,23)/t11-,12-,13-,14+/m0/s1. The SMILES string of the molecule is O=C(NCCN1C(=O)[C@@H]2[C@H](C1=O)[C@H]1C=C[C@H]2CC1)N1CCOCC1. The summed E-state index contributed by atoms with van der Waals surface area (Å²) in [7, 11) is 0. The number of nitrogens with zero attached hydrogens (tertiary/aromatic N) is 2. The van der Waals surface area contributed by atoms with E-state index < -0.39 is 0 Å². The number of amides is 4. The molecule has 0 radical (unpaired) electrons. The average molecular weight is 333 g/mol. The fourth-order valence-corrected chi connectivity index (χ4v) is 4.51. The van der Waals surface area contributed by atoms with Gasteiger partial charge in [-0.25, -0.2) is 4.79 Å². The molecule has 7 nitrogen and oxygen atoms in total. The van der Waals surface area contributed by atoms with Gasteiger partial charge in [-0.05, 0) is 24.7 Å². The lowest BCUT2D eigenvalue weighted by molar-refractivity contribution is -0.140. The van der Waals surface area contributed by atoms with Crippen LogP contribution in [0.3, 0.4) is 0 Å². The number of rotatable bonds is 3. The first-order valence-electron chi connectivity index (χ1n) is 8.81. The molecule has 3 fully saturated rings. The van der Waals surface area contributed by atoms with Crippen LogP contribution in [0, 0.1) is 23.7 Å². The number of carbonyl (C=O) groups is 3. The zero-order chi connectivity index (χ0) is 16.7. The highest BCUT2D eigenvalue weighted by Gasteiger charge is 2.56. The minimum atomic E-state index is -0.170. The van der Waals surface area contributed by atoms with Crippen LogP contribution in [-0.2, 0) is 14.3 Å². The molecule has 0 aromatic rings. The van der Waals surface area contributed by atoms with Crippen LogP contribution in [0.15, 0.2) is 12.2 Å². The van der Waals surface area contributed by atoms with Gasteiger partial charge in [0.2, 0.25) is 11.8 Å². The molecule has 5 aliphatic rings. The van der Waals surface area contributed by atoms with E-state index in [0.29, 0.717) is 32.8 Å². The summed E-state index contributed by atoms with van der Waals surface area (Å²) in [5, 5.41) is 2.81. The monoisotopic (exact) mass is 333 g/mol. The largest absolute Gasteiger partial charge is 0.378 e. The number of morpholine rings is 1. The van der Waals surface area contributed by atoms with Crippen molar-refractivity contribution in [2.75, 3.05) is 39.4 Å². The van der Waals surface area contributed by atoms with Crippen LogP contribution in [0.5, 0.6) is 0 Å². The molecule has 7 heteroatoms. The third kappa shape index (κ3) is 2.51. The quantitative estimate of drug-likeness (QED) is 0.592. The van der Waals surface area contributed by atoms with Gasteiger partial charge in [0.1, 0.15) is 0 Å². The maximum Gasteiger partial charge on any atom is 0.317 e. The number of allylic oxidation sites excluding steroid dienone is 2. The van der Waals surface area contributed by atoms with Crippen molar-refractivity contribution >= 4 is 17.8 Å². The number of nitrogens with one attached hydrogen (secondary N) is 1. The molecule has 2 aliphatic heterocycles. The number of urea groups is 1. The van der Waals surface area contributed by atoms with Crippen LogP contribution in [-0.4, -0.2) is 67.0 Å². The highest BCUT2D eigenvalue weighted by molar-refractivity contribution is 6.06. The molecule has 0 spiro atoms. The molecule has 4 amide bonds. The van der Waals surface area contributed by atoms with E-state index in [1.54, 1.807) is 4.90 Å². The van der Waals surface area contributed by atoms with Crippen molar-refractivity contribution < 1.29 is 19.1 Å². The number of imide groups is 1. The van der Waals surface area contributed by atoms with E-state index >= 15 is 0 Å². The van der Waals surface area contributed by atoms with E-state index in [2.05, 4.69) is 17.5 Å². The van der Waals surface area contributed by atoms with Gasteiger partial charge in [0.05, 0.1) is 25.0 Å². The minimum Gasteiger partial charge on any atom is -0.378 e. The van der Waals surface area contributed by atoms with Gasteiger partial charge in [0, 0.05) is 26.2 Å². The zero-order valence-electron chi connectivity index (χ0n) is 13.6. The Balaban J connectivity index is 1.33. The maximum atomic E-state index is 12.6. The van der Waals surface area contributed by atoms with Crippen LogP contribution in [0.4, 0.5) is 4.79 Å². The fourth-order valence-electron chi connectivity index (χ4n) is 4.51. The number of hydrogen-bond donors (Lipinski definition) is 1. The van der Waals surface area contributed by atoms with Crippen molar-refractivity contribution in [2.24, 2.45) is 23.7 Å². The van der Waals surface area contributed by atoms with Crippen LogP contribution >= 0.6 is 0 Å². The topological polar surface area (TPSA) is 79.0 Å². The number of hydrogen-bond acceptors (Lipinski definition) is 4. The summed E-state index contributed by atoms with van der Waals surface area (Å²) in [5.74, 6) is -0.0180. The summed E-state index contributed by atoms with van der Waals surface area (Å²) < 4.78 is 5.22. The predicted octanol–water partition coefficient (Wildman–Crippen LogP) is 0.225. The summed E-state index contributed by atoms with van der Waals surface area (Å²) in [4.78, 5) is 40.4. The summed E-state index contributed by atoms with van der Waals surface area (Å²) in [6.45, 7) is 2.82. The molecule has 2 heterocycles. The minimum absolute atomic E-state index is 0.0512. The Morgan fingerprint density at radius 2 is 1.67 bits per heavy atom. The van der Waals surface area contributed by atoms with Gasteiger partial charge in [0.15, 0.2) is 0 Å². The third-order valence-corrected chi connectivity index (χ3v) is 5.76. The fraction of sp³-hybridized carbons (Fsp3) is 0.706. The number of fused-ring (bicyclic) bond motifs is 1. The number of carbonyl (C=O) groups excluding carboxylic acids is 3. The Morgan fingerprint density at radius 1 is 1.08 bits per heavy atom. The van der Waals surface area contributed by atoms with Gasteiger partial charge < -0.3 is 15.0 Å². The molecule has 1 N–H and O–H groups in total. The highest BCUT2D eigenvalue weighted by atomic mass is 16.5. The Kier molecular flexibility index (Phi) is 4.04. The van der Waals surface area contributed by atoms with E-state index in [-0.39, 0.29) is 48.1 Å². The highest BCUT2D eigenvalue weighted by Crippen LogP contribution is 2.49. The molecule has 0 aromatic carbocycles. The lowest BCUT2D eigenvalue weighted by Gasteiger charge is -2.38. The van der Waals surface area contributed by atoms with Gasteiger partial charge >= 0.3 is 6.03 Å². The Labute approximate surface area is 141 Å². The van der Waals surface area contributed by atoms with E-state index in [4.69, 9.17) is 4.74 Å². The molecule has 24 heavy (non-hydrogen) atoms. The molecule has 0 unspecified atom stereocenters. The Hall–Kier alpha value is -1.89. The van der Waals surface area contributed by atoms with Crippen LogP contribution in [0.2, 0.25) is 0 Å². The van der Waals surface area contributed by atoms with Crippen LogP contribution in [0.1, 0.15) is 12.8 Å². The molecule has 2 saturated heterocycles. The summed E-state index contributed by atoms with van der Waals surface area (Å²) in [6.07, 6.45) is 6.24. The summed E-state index contributed by atoms with van der Waals surface area (Å²) in [6, 6.07) is -0.156. The van der Waals surface area contributed by atoms with E-state index in [1.165, 1.54) is 4.90 Å². The lowest BCUT2D eigenvalue weighted by atomic mass is 9.63. The van der Waals surface area contributed by atoms with E-state index in [0.717, 1.165) is 12.8 Å². The normalized spacial score (nSPS) is 34.7. The molecule has 3 aliphatic carbocycles. The second kappa shape index (κ2) is 6.20. The number of ether oxygens (including phenoxy) is 1. The van der Waals surface area contributed by atoms with Crippen molar-refractivity contribution in [3.05, 3.63) is 12.2 Å². The van der Waals surface area contributed by atoms with Crippen LogP contribution < -0.4 is 5.32 Å². The van der Waals surface area contributed by atoms with Gasteiger partial charge in [-0.3, -0.25) is 14.5 Å². The summed E-state index contributed by atoms with van der Waals surface area (Å²) in [5.41, 5.74) is 0. The predicted molar refractivity (Wildman–Crippen MR) is 84.8 cm³/mol. The summed E-state index contributed by atoms with van der Waals surface area (Å²) >= 11 is 0.